The van der Waals surface area contributed by atoms with Crippen LogP contribution in [0.5, 0.6) is 0 Å². The smallest absolute Gasteiger partial charge is 0.0337 e. The molecule has 122 valence electrons. The Bertz CT molecular complexity index is 699. The molecule has 0 saturated carbocycles. The van der Waals surface area contributed by atoms with E-state index in [-0.39, 0.29) is 0 Å². The predicted octanol–water partition coefficient (Wildman–Crippen LogP) is 5.14. The molecule has 2 nitrogen and oxygen atoms in total. The quantitative estimate of drug-likeness (QED) is 0.657. The van der Waals surface area contributed by atoms with Crippen LogP contribution in [-0.2, 0) is 6.42 Å². The molecule has 0 aliphatic carbocycles. The van der Waals surface area contributed by atoms with Gasteiger partial charge >= 0.3 is 0 Å². The number of nitrogens with one attached hydrogen (secondary N) is 2. The largest absolute Gasteiger partial charge is 0.388 e. The van der Waals surface area contributed by atoms with Gasteiger partial charge in [-0.15, -0.1) is 0 Å². The molecule has 0 aromatic heterocycles. The van der Waals surface area contributed by atoms with Crippen LogP contribution in [0.3, 0.4) is 0 Å². The molecule has 0 amide bonds. The van der Waals surface area contributed by atoms with Gasteiger partial charge in [0.25, 0.3) is 0 Å². The second-order valence-corrected chi connectivity index (χ2v) is 5.99. The second-order valence-electron chi connectivity index (χ2n) is 5.99. The molecular weight excluding hydrogens is 292 g/mol. The normalized spacial score (nSPS) is 10.6. The molecule has 0 spiro atoms. The zero-order valence-corrected chi connectivity index (χ0v) is 14.3. The summed E-state index contributed by atoms with van der Waals surface area (Å²) in [7, 11) is 3.90. The molecule has 2 heteroatoms. The lowest BCUT2D eigenvalue weighted by atomic mass is 9.86. The van der Waals surface area contributed by atoms with Crippen LogP contribution in [0, 0.1) is 0 Å². The third-order valence-electron chi connectivity index (χ3n) is 4.49. The highest BCUT2D eigenvalue weighted by Gasteiger charge is 2.15. The van der Waals surface area contributed by atoms with Gasteiger partial charge in [0.05, 0.1) is 0 Å². The maximum atomic E-state index is 3.19. The van der Waals surface area contributed by atoms with Crippen molar-refractivity contribution in [3.63, 3.8) is 0 Å². The molecule has 3 aromatic rings. The van der Waals surface area contributed by atoms with Gasteiger partial charge in [-0.1, -0.05) is 54.6 Å². The average molecular weight is 316 g/mol. The van der Waals surface area contributed by atoms with Gasteiger partial charge in [-0.2, -0.15) is 0 Å². The summed E-state index contributed by atoms with van der Waals surface area (Å²) < 4.78 is 0. The average Bonchev–Trinajstić information content (AvgIpc) is 2.67. The number of rotatable bonds is 6. The van der Waals surface area contributed by atoms with E-state index in [0.29, 0.717) is 5.92 Å². The Kier molecular flexibility index (Phi) is 5.17. The molecule has 2 N–H and O–H groups in total. The maximum Gasteiger partial charge on any atom is 0.0337 e. The van der Waals surface area contributed by atoms with Crippen molar-refractivity contribution >= 4 is 11.4 Å². The van der Waals surface area contributed by atoms with Crippen LogP contribution in [-0.4, -0.2) is 14.1 Å². The summed E-state index contributed by atoms with van der Waals surface area (Å²) in [4.78, 5) is 0. The number of benzene rings is 3. The molecule has 0 aliphatic heterocycles. The first-order valence-electron chi connectivity index (χ1n) is 8.39. The monoisotopic (exact) mass is 316 g/mol. The highest BCUT2D eigenvalue weighted by atomic mass is 14.8. The molecule has 3 aromatic carbocycles. The third-order valence-corrected chi connectivity index (χ3v) is 4.49. The van der Waals surface area contributed by atoms with Crippen LogP contribution >= 0.6 is 0 Å². The lowest BCUT2D eigenvalue weighted by Gasteiger charge is -2.19. The molecule has 0 unspecified atom stereocenters. The first kappa shape index (κ1) is 16.1. The molecule has 0 fully saturated rings. The van der Waals surface area contributed by atoms with Crippen LogP contribution in [0.15, 0.2) is 78.9 Å². The van der Waals surface area contributed by atoms with E-state index in [2.05, 4.69) is 89.5 Å². The van der Waals surface area contributed by atoms with E-state index in [9.17, 15) is 0 Å². The summed E-state index contributed by atoms with van der Waals surface area (Å²) in [5, 5.41) is 6.38. The van der Waals surface area contributed by atoms with Gasteiger partial charge in [-0.3, -0.25) is 0 Å². The Labute approximate surface area is 144 Å². The lowest BCUT2D eigenvalue weighted by Crippen LogP contribution is -2.05. The summed E-state index contributed by atoms with van der Waals surface area (Å²) in [6, 6.07) is 28.2. The second kappa shape index (κ2) is 7.69. The van der Waals surface area contributed by atoms with Gasteiger partial charge in [0.1, 0.15) is 0 Å². The van der Waals surface area contributed by atoms with E-state index in [4.69, 9.17) is 0 Å². The van der Waals surface area contributed by atoms with Gasteiger partial charge in [0, 0.05) is 31.4 Å². The molecule has 3 rings (SSSR count). The molecule has 24 heavy (non-hydrogen) atoms. The Morgan fingerprint density at radius 1 is 0.625 bits per heavy atom. The predicted molar refractivity (Wildman–Crippen MR) is 104 cm³/mol. The van der Waals surface area contributed by atoms with Crippen molar-refractivity contribution in [1.82, 2.24) is 0 Å². The molecule has 0 saturated heterocycles. The fourth-order valence-electron chi connectivity index (χ4n) is 3.04. The first-order valence-corrected chi connectivity index (χ1v) is 8.39. The SMILES string of the molecule is CNc1ccc(C(Cc2ccccc2)c2ccc(NC)cc2)cc1. The van der Waals surface area contributed by atoms with Gasteiger partial charge in [-0.25, -0.2) is 0 Å². The number of hydrogen-bond donors (Lipinski definition) is 2. The van der Waals surface area contributed by atoms with Crippen LogP contribution < -0.4 is 10.6 Å². The molecule has 0 bridgehead atoms. The Morgan fingerprint density at radius 3 is 1.50 bits per heavy atom. The van der Waals surface area contributed by atoms with E-state index < -0.39 is 0 Å². The lowest BCUT2D eigenvalue weighted by molar-refractivity contribution is 0.805. The standard InChI is InChI=1S/C22H24N2/c1-23-20-12-8-18(9-13-20)22(16-17-6-4-3-5-7-17)19-10-14-21(24-2)15-11-19/h3-15,22-24H,16H2,1-2H3. The maximum absolute atomic E-state index is 3.19. The summed E-state index contributed by atoms with van der Waals surface area (Å²) in [5.41, 5.74) is 6.33. The fraction of sp³-hybridized carbons (Fsp3) is 0.182. The highest BCUT2D eigenvalue weighted by molar-refractivity contribution is 5.49. The van der Waals surface area contributed by atoms with Gasteiger partial charge in [0.15, 0.2) is 0 Å². The zero-order chi connectivity index (χ0) is 16.8. The summed E-state index contributed by atoms with van der Waals surface area (Å²) in [5.74, 6) is 0.351. The minimum atomic E-state index is 0.351. The van der Waals surface area contributed by atoms with Crippen molar-refractivity contribution in [2.45, 2.75) is 12.3 Å². The Balaban J connectivity index is 1.95. The fourth-order valence-corrected chi connectivity index (χ4v) is 3.04. The van der Waals surface area contributed by atoms with Crippen molar-refractivity contribution in [1.29, 1.82) is 0 Å². The zero-order valence-electron chi connectivity index (χ0n) is 14.3. The molecule has 0 radical (unpaired) electrons. The Morgan fingerprint density at radius 2 is 1.08 bits per heavy atom. The van der Waals surface area contributed by atoms with Crippen molar-refractivity contribution in [3.8, 4) is 0 Å². The molecule has 0 heterocycles. The first-order chi connectivity index (χ1) is 11.8. The van der Waals surface area contributed by atoms with Crippen molar-refractivity contribution in [2.75, 3.05) is 24.7 Å². The summed E-state index contributed by atoms with van der Waals surface area (Å²) in [6.07, 6.45) is 0.999. The van der Waals surface area contributed by atoms with E-state index in [1.54, 1.807) is 0 Å². The van der Waals surface area contributed by atoms with Crippen LogP contribution in [0.4, 0.5) is 11.4 Å². The van der Waals surface area contributed by atoms with Gasteiger partial charge < -0.3 is 10.6 Å². The van der Waals surface area contributed by atoms with E-state index in [1.807, 2.05) is 14.1 Å². The van der Waals surface area contributed by atoms with Crippen molar-refractivity contribution < 1.29 is 0 Å². The van der Waals surface area contributed by atoms with Crippen LogP contribution in [0.2, 0.25) is 0 Å². The van der Waals surface area contributed by atoms with Crippen LogP contribution in [0.25, 0.3) is 0 Å². The van der Waals surface area contributed by atoms with E-state index in [0.717, 1.165) is 17.8 Å². The third kappa shape index (κ3) is 3.77. The van der Waals surface area contributed by atoms with E-state index >= 15 is 0 Å². The Hall–Kier alpha value is -2.74. The molecular formula is C22H24N2. The minimum Gasteiger partial charge on any atom is -0.388 e. The summed E-state index contributed by atoms with van der Waals surface area (Å²) in [6.45, 7) is 0. The number of hydrogen-bond acceptors (Lipinski definition) is 2. The van der Waals surface area contributed by atoms with Crippen molar-refractivity contribution in [2.24, 2.45) is 0 Å². The minimum absolute atomic E-state index is 0.351. The van der Waals surface area contributed by atoms with Crippen LogP contribution in [0.1, 0.15) is 22.6 Å². The van der Waals surface area contributed by atoms with Gasteiger partial charge in [-0.05, 0) is 47.4 Å². The highest BCUT2D eigenvalue weighted by Crippen LogP contribution is 2.30. The van der Waals surface area contributed by atoms with Gasteiger partial charge in [0.2, 0.25) is 0 Å². The molecule has 0 atom stereocenters. The topological polar surface area (TPSA) is 24.1 Å². The van der Waals surface area contributed by atoms with E-state index in [1.165, 1.54) is 16.7 Å². The number of anilines is 2. The van der Waals surface area contributed by atoms with Crippen molar-refractivity contribution in [3.05, 3.63) is 95.6 Å². The molecule has 0 aliphatic rings. The summed E-state index contributed by atoms with van der Waals surface area (Å²) >= 11 is 0.